The van der Waals surface area contributed by atoms with E-state index < -0.39 is 12.6 Å². The molecule has 1 aliphatic heterocycles. The van der Waals surface area contributed by atoms with Gasteiger partial charge in [0.1, 0.15) is 10.0 Å². The SMILES string of the molecule is C[C@@H]1CN(C(=O)COC(=O)c2[nH+]c(Cl)c(Cl)c(N)c2Cl)C[C@@H](C)O1. The molecule has 0 unspecified atom stereocenters. The van der Waals surface area contributed by atoms with Gasteiger partial charge in [-0.05, 0) is 25.4 Å². The molecule has 1 saturated heterocycles. The van der Waals surface area contributed by atoms with E-state index in [1.165, 1.54) is 0 Å². The average molecular weight is 398 g/mol. The second-order valence-electron chi connectivity index (χ2n) is 5.49. The molecule has 0 spiro atoms. The number of nitrogens with zero attached hydrogens (tertiary/aromatic N) is 1. The van der Waals surface area contributed by atoms with Crippen LogP contribution >= 0.6 is 34.8 Å². The summed E-state index contributed by atoms with van der Waals surface area (Å²) >= 11 is 17.6. The summed E-state index contributed by atoms with van der Waals surface area (Å²) in [6.07, 6.45) is -0.155. The van der Waals surface area contributed by atoms with E-state index in [9.17, 15) is 9.59 Å². The highest BCUT2D eigenvalue weighted by atomic mass is 35.5. The molecule has 3 N–H and O–H groups in total. The minimum Gasteiger partial charge on any atom is -0.448 e. The van der Waals surface area contributed by atoms with Crippen molar-refractivity contribution in [1.82, 2.24) is 4.90 Å². The maximum atomic E-state index is 12.2. The standard InChI is InChI=1S/C14H16Cl3N3O4/c1-6-3-20(4-7(2)24-6)8(21)5-23-14(22)12-9(15)11(18)10(16)13(17)19-12/h6-7H,3-5H2,1-2H3,(H2,18,19)/p+1/t6-,7-/m1/s1. The third-order valence-corrected chi connectivity index (χ3v) is 4.59. The second-order valence-corrected chi connectivity index (χ2v) is 6.62. The number of carbonyl (C=O) groups is 2. The van der Waals surface area contributed by atoms with Gasteiger partial charge in [0.15, 0.2) is 6.61 Å². The van der Waals surface area contributed by atoms with Crippen LogP contribution in [-0.2, 0) is 14.3 Å². The first-order chi connectivity index (χ1) is 11.2. The van der Waals surface area contributed by atoms with Crippen molar-refractivity contribution in [3.05, 3.63) is 20.9 Å². The van der Waals surface area contributed by atoms with Gasteiger partial charge in [-0.2, -0.15) is 4.98 Å². The van der Waals surface area contributed by atoms with Gasteiger partial charge in [0.25, 0.3) is 11.1 Å². The number of amides is 1. The average Bonchev–Trinajstić information content (AvgIpc) is 2.52. The fraction of sp³-hybridized carbons (Fsp3) is 0.500. The Balaban J connectivity index is 2.02. The van der Waals surface area contributed by atoms with Crippen molar-refractivity contribution in [3.63, 3.8) is 0 Å². The van der Waals surface area contributed by atoms with Crippen LogP contribution in [0.5, 0.6) is 0 Å². The summed E-state index contributed by atoms with van der Waals surface area (Å²) in [6.45, 7) is 4.19. The Morgan fingerprint density at radius 2 is 1.83 bits per heavy atom. The number of nitrogen functional groups attached to an aromatic ring is 1. The molecule has 2 heterocycles. The molecule has 10 heteroatoms. The van der Waals surface area contributed by atoms with E-state index >= 15 is 0 Å². The number of ether oxygens (including phenoxy) is 2. The Bertz CT molecular complexity index is 661. The molecule has 24 heavy (non-hydrogen) atoms. The Kier molecular flexibility index (Phi) is 6.14. The number of H-pyrrole nitrogens is 1. The molecule has 1 aromatic heterocycles. The van der Waals surface area contributed by atoms with Gasteiger partial charge >= 0.3 is 11.7 Å². The van der Waals surface area contributed by atoms with Gasteiger partial charge in [0.05, 0.1) is 17.9 Å². The number of morpholine rings is 1. The predicted molar refractivity (Wildman–Crippen MR) is 89.3 cm³/mol. The van der Waals surface area contributed by atoms with Crippen LogP contribution in [0.2, 0.25) is 15.2 Å². The second kappa shape index (κ2) is 7.74. The maximum absolute atomic E-state index is 12.2. The first-order valence-electron chi connectivity index (χ1n) is 7.16. The van der Waals surface area contributed by atoms with Crippen LogP contribution in [0.25, 0.3) is 0 Å². The zero-order valence-corrected chi connectivity index (χ0v) is 15.3. The van der Waals surface area contributed by atoms with E-state index in [1.54, 1.807) is 4.90 Å². The molecule has 2 rings (SSSR count). The fourth-order valence-electron chi connectivity index (χ4n) is 2.38. The minimum absolute atomic E-state index is 0.00517. The van der Waals surface area contributed by atoms with Gasteiger partial charge in [0, 0.05) is 13.1 Å². The van der Waals surface area contributed by atoms with E-state index in [2.05, 4.69) is 4.98 Å². The number of hydrogen-bond donors (Lipinski definition) is 1. The molecule has 0 aromatic carbocycles. The van der Waals surface area contributed by atoms with E-state index in [0.717, 1.165) is 0 Å². The maximum Gasteiger partial charge on any atom is 0.405 e. The van der Waals surface area contributed by atoms with Crippen molar-refractivity contribution < 1.29 is 24.0 Å². The number of rotatable bonds is 3. The molecule has 2 atom stereocenters. The highest BCUT2D eigenvalue weighted by molar-refractivity contribution is 6.45. The Labute approximate surface area is 153 Å². The largest absolute Gasteiger partial charge is 0.448 e. The Hall–Kier alpha value is -1.28. The van der Waals surface area contributed by atoms with Crippen molar-refractivity contribution in [3.8, 4) is 0 Å². The zero-order valence-electron chi connectivity index (χ0n) is 13.1. The summed E-state index contributed by atoms with van der Waals surface area (Å²) in [5.74, 6) is -1.18. The zero-order chi connectivity index (χ0) is 18.0. The van der Waals surface area contributed by atoms with Crippen molar-refractivity contribution in [2.45, 2.75) is 26.1 Å². The molecule has 0 bridgehead atoms. The summed E-state index contributed by atoms with van der Waals surface area (Å²) in [7, 11) is 0. The minimum atomic E-state index is -0.854. The first-order valence-corrected chi connectivity index (χ1v) is 8.29. The molecule has 1 aromatic rings. The van der Waals surface area contributed by atoms with E-state index in [1.807, 2.05) is 13.8 Å². The lowest BCUT2D eigenvalue weighted by molar-refractivity contribution is -0.380. The summed E-state index contributed by atoms with van der Waals surface area (Å²) in [6, 6.07) is 0. The van der Waals surface area contributed by atoms with Crippen LogP contribution in [0.15, 0.2) is 0 Å². The molecule has 1 amide bonds. The highest BCUT2D eigenvalue weighted by Gasteiger charge is 2.30. The summed E-state index contributed by atoms with van der Waals surface area (Å²) in [4.78, 5) is 28.4. The number of halogens is 3. The molecule has 1 fully saturated rings. The fourth-order valence-corrected chi connectivity index (χ4v) is 2.99. The number of nitrogens with two attached hydrogens (primary N) is 1. The van der Waals surface area contributed by atoms with Gasteiger partial charge in [-0.3, -0.25) is 4.79 Å². The van der Waals surface area contributed by atoms with Crippen molar-refractivity contribution in [2.75, 3.05) is 25.4 Å². The molecular weight excluding hydrogens is 381 g/mol. The quantitative estimate of drug-likeness (QED) is 0.620. The van der Waals surface area contributed by atoms with E-state index in [-0.39, 0.29) is 44.7 Å². The van der Waals surface area contributed by atoms with E-state index in [0.29, 0.717) is 13.1 Å². The molecule has 0 saturated carbocycles. The predicted octanol–water partition coefficient (Wildman–Crippen LogP) is 1.84. The Morgan fingerprint density at radius 1 is 1.25 bits per heavy atom. The Morgan fingerprint density at radius 3 is 2.42 bits per heavy atom. The number of hydrogen-bond acceptors (Lipinski definition) is 5. The summed E-state index contributed by atoms with van der Waals surface area (Å²) < 4.78 is 10.5. The molecule has 7 nitrogen and oxygen atoms in total. The molecular formula is C14H17Cl3N3O4+. The number of aromatic amines is 1. The van der Waals surface area contributed by atoms with Gasteiger partial charge < -0.3 is 20.1 Å². The van der Waals surface area contributed by atoms with Crippen LogP contribution < -0.4 is 10.7 Å². The lowest BCUT2D eigenvalue weighted by atomic mass is 10.2. The normalized spacial score (nSPS) is 20.8. The van der Waals surface area contributed by atoms with Crippen LogP contribution in [-0.4, -0.2) is 48.7 Å². The number of nitrogens with one attached hydrogen (secondary N) is 1. The topological polar surface area (TPSA) is 96.0 Å². The highest BCUT2D eigenvalue weighted by Crippen LogP contribution is 2.32. The van der Waals surface area contributed by atoms with Crippen molar-refractivity contribution >= 4 is 52.4 Å². The third kappa shape index (κ3) is 4.22. The van der Waals surface area contributed by atoms with Crippen LogP contribution in [0.4, 0.5) is 5.69 Å². The number of pyridine rings is 1. The van der Waals surface area contributed by atoms with E-state index in [4.69, 9.17) is 50.0 Å². The lowest BCUT2D eigenvalue weighted by Gasteiger charge is -2.35. The van der Waals surface area contributed by atoms with Crippen LogP contribution in [0, 0.1) is 0 Å². The molecule has 0 radical (unpaired) electrons. The van der Waals surface area contributed by atoms with Gasteiger partial charge in [-0.25, -0.2) is 4.79 Å². The van der Waals surface area contributed by atoms with Crippen molar-refractivity contribution in [2.24, 2.45) is 0 Å². The third-order valence-electron chi connectivity index (χ3n) is 3.42. The summed E-state index contributed by atoms with van der Waals surface area (Å²) in [5.41, 5.74) is 5.45. The summed E-state index contributed by atoms with van der Waals surface area (Å²) in [5, 5.41) is -0.159. The molecule has 0 aliphatic carbocycles. The van der Waals surface area contributed by atoms with Gasteiger partial charge in [0.2, 0.25) is 0 Å². The lowest BCUT2D eigenvalue weighted by Crippen LogP contribution is -2.49. The van der Waals surface area contributed by atoms with Crippen LogP contribution in [0.1, 0.15) is 24.3 Å². The smallest absolute Gasteiger partial charge is 0.405 e. The number of esters is 1. The number of aromatic nitrogens is 1. The first kappa shape index (κ1) is 19.1. The van der Waals surface area contributed by atoms with Gasteiger partial charge in [-0.15, -0.1) is 0 Å². The number of carbonyl (C=O) groups excluding carboxylic acids is 2. The molecule has 132 valence electrons. The van der Waals surface area contributed by atoms with Crippen molar-refractivity contribution in [1.29, 1.82) is 0 Å². The molecule has 1 aliphatic rings. The number of anilines is 1. The van der Waals surface area contributed by atoms with Crippen LogP contribution in [0.3, 0.4) is 0 Å². The van der Waals surface area contributed by atoms with Gasteiger partial charge in [-0.1, -0.05) is 23.2 Å². The monoisotopic (exact) mass is 396 g/mol.